The van der Waals surface area contributed by atoms with Gasteiger partial charge in [-0.25, -0.2) is 0 Å². The smallest absolute Gasteiger partial charge is 0.0775 e. The van der Waals surface area contributed by atoms with Gasteiger partial charge in [-0.1, -0.05) is 12.1 Å². The third-order valence-electron chi connectivity index (χ3n) is 3.52. The van der Waals surface area contributed by atoms with Crippen molar-refractivity contribution in [3.8, 4) is 0 Å². The normalized spacial score (nSPS) is 29.1. The highest BCUT2D eigenvalue weighted by molar-refractivity contribution is 5.62. The second kappa shape index (κ2) is 2.74. The van der Waals surface area contributed by atoms with Gasteiger partial charge in [-0.05, 0) is 43.4 Å². The van der Waals surface area contributed by atoms with Crippen molar-refractivity contribution in [1.82, 2.24) is 0 Å². The van der Waals surface area contributed by atoms with Gasteiger partial charge in [0.25, 0.3) is 0 Å². The summed E-state index contributed by atoms with van der Waals surface area (Å²) in [5.74, 6) is 0. The SMILES string of the molecule is Cc1ccc2c(c1)N1C(N)CCC1C2. The predicted molar refractivity (Wildman–Crippen MR) is 58.4 cm³/mol. The Labute approximate surface area is 84.7 Å². The Bertz CT molecular complexity index is 373. The number of anilines is 1. The van der Waals surface area contributed by atoms with E-state index in [0.29, 0.717) is 6.04 Å². The minimum absolute atomic E-state index is 0.253. The molecule has 2 heteroatoms. The van der Waals surface area contributed by atoms with Crippen molar-refractivity contribution in [3.05, 3.63) is 29.3 Å². The molecule has 1 aromatic carbocycles. The van der Waals surface area contributed by atoms with E-state index in [-0.39, 0.29) is 6.17 Å². The highest BCUT2D eigenvalue weighted by Crippen LogP contribution is 2.39. The first kappa shape index (κ1) is 8.30. The van der Waals surface area contributed by atoms with Gasteiger partial charge in [0.1, 0.15) is 0 Å². The zero-order valence-electron chi connectivity index (χ0n) is 8.53. The van der Waals surface area contributed by atoms with Crippen LogP contribution in [0.5, 0.6) is 0 Å². The third-order valence-corrected chi connectivity index (χ3v) is 3.52. The number of nitrogens with two attached hydrogens (primary N) is 1. The van der Waals surface area contributed by atoms with E-state index in [2.05, 4.69) is 30.0 Å². The van der Waals surface area contributed by atoms with Gasteiger partial charge < -0.3 is 10.6 Å². The second-order valence-electron chi connectivity index (χ2n) is 4.54. The lowest BCUT2D eigenvalue weighted by atomic mass is 10.1. The number of benzene rings is 1. The molecule has 14 heavy (non-hydrogen) atoms. The van der Waals surface area contributed by atoms with Crippen LogP contribution >= 0.6 is 0 Å². The first-order valence-electron chi connectivity index (χ1n) is 5.39. The van der Waals surface area contributed by atoms with E-state index in [4.69, 9.17) is 5.73 Å². The van der Waals surface area contributed by atoms with Crippen molar-refractivity contribution in [2.24, 2.45) is 5.73 Å². The van der Waals surface area contributed by atoms with Crippen molar-refractivity contribution < 1.29 is 0 Å². The average molecular weight is 188 g/mol. The Kier molecular flexibility index (Phi) is 1.62. The first-order valence-corrected chi connectivity index (χ1v) is 5.39. The van der Waals surface area contributed by atoms with Crippen LogP contribution in [0.4, 0.5) is 5.69 Å². The molecule has 0 saturated carbocycles. The summed E-state index contributed by atoms with van der Waals surface area (Å²) in [6, 6.07) is 7.42. The monoisotopic (exact) mass is 188 g/mol. The molecule has 0 bridgehead atoms. The maximum absolute atomic E-state index is 6.11. The van der Waals surface area contributed by atoms with Gasteiger partial charge in [0.05, 0.1) is 6.17 Å². The Morgan fingerprint density at radius 3 is 3.07 bits per heavy atom. The molecule has 1 aromatic rings. The molecule has 0 spiro atoms. The molecule has 3 rings (SSSR count). The van der Waals surface area contributed by atoms with Crippen LogP contribution in [0.1, 0.15) is 24.0 Å². The Morgan fingerprint density at radius 2 is 2.21 bits per heavy atom. The molecule has 2 aliphatic rings. The Hall–Kier alpha value is -1.02. The molecule has 2 aliphatic heterocycles. The van der Waals surface area contributed by atoms with Crippen molar-refractivity contribution in [2.45, 2.75) is 38.4 Å². The molecule has 2 unspecified atom stereocenters. The summed E-state index contributed by atoms with van der Waals surface area (Å²) in [7, 11) is 0. The molecule has 2 atom stereocenters. The lowest BCUT2D eigenvalue weighted by Gasteiger charge is -2.24. The number of aryl methyl sites for hydroxylation is 1. The van der Waals surface area contributed by atoms with Crippen LogP contribution in [0.15, 0.2) is 18.2 Å². The largest absolute Gasteiger partial charge is 0.353 e. The third kappa shape index (κ3) is 1.01. The van der Waals surface area contributed by atoms with Crippen LogP contribution in [-0.4, -0.2) is 12.2 Å². The number of rotatable bonds is 0. The molecule has 0 radical (unpaired) electrons. The summed E-state index contributed by atoms with van der Waals surface area (Å²) in [5, 5.41) is 0. The molecular weight excluding hydrogens is 172 g/mol. The standard InChI is InChI=1S/C12H16N2/c1-8-2-3-9-7-10-4-5-12(13)14(10)11(9)6-8/h2-3,6,10,12H,4-5,7,13H2,1H3. The van der Waals surface area contributed by atoms with Gasteiger partial charge >= 0.3 is 0 Å². The minimum Gasteiger partial charge on any atom is -0.353 e. The van der Waals surface area contributed by atoms with Crippen LogP contribution in [0.3, 0.4) is 0 Å². The van der Waals surface area contributed by atoms with Gasteiger partial charge in [0.2, 0.25) is 0 Å². The van der Waals surface area contributed by atoms with Crippen LogP contribution in [0, 0.1) is 6.92 Å². The highest BCUT2D eigenvalue weighted by atomic mass is 15.3. The molecule has 2 nitrogen and oxygen atoms in total. The fourth-order valence-corrected chi connectivity index (χ4v) is 2.83. The Balaban J connectivity index is 2.09. The zero-order valence-corrected chi connectivity index (χ0v) is 8.53. The predicted octanol–water partition coefficient (Wildman–Crippen LogP) is 1.80. The molecular formula is C12H16N2. The second-order valence-corrected chi connectivity index (χ2v) is 4.54. The van der Waals surface area contributed by atoms with E-state index in [1.165, 1.54) is 29.7 Å². The number of nitrogens with zero attached hydrogens (tertiary/aromatic N) is 1. The van der Waals surface area contributed by atoms with Crippen molar-refractivity contribution >= 4 is 5.69 Å². The maximum atomic E-state index is 6.11. The van der Waals surface area contributed by atoms with Crippen molar-refractivity contribution in [2.75, 3.05) is 4.90 Å². The molecule has 0 aromatic heterocycles. The first-order chi connectivity index (χ1) is 6.75. The van der Waals surface area contributed by atoms with Crippen molar-refractivity contribution in [3.63, 3.8) is 0 Å². The van der Waals surface area contributed by atoms with E-state index < -0.39 is 0 Å². The molecule has 2 N–H and O–H groups in total. The van der Waals surface area contributed by atoms with Gasteiger partial charge in [-0.3, -0.25) is 0 Å². The Morgan fingerprint density at radius 1 is 1.36 bits per heavy atom. The molecule has 74 valence electrons. The van der Waals surface area contributed by atoms with Crippen LogP contribution in [0.25, 0.3) is 0 Å². The van der Waals surface area contributed by atoms with E-state index in [9.17, 15) is 0 Å². The molecule has 0 aliphatic carbocycles. The van der Waals surface area contributed by atoms with Crippen molar-refractivity contribution in [1.29, 1.82) is 0 Å². The highest BCUT2D eigenvalue weighted by Gasteiger charge is 2.37. The van der Waals surface area contributed by atoms with E-state index >= 15 is 0 Å². The molecule has 1 saturated heterocycles. The lowest BCUT2D eigenvalue weighted by molar-refractivity contribution is 0.674. The van der Waals surface area contributed by atoms with Gasteiger partial charge in [0, 0.05) is 11.7 Å². The molecule has 2 heterocycles. The van der Waals surface area contributed by atoms with Gasteiger partial charge in [-0.2, -0.15) is 0 Å². The average Bonchev–Trinajstić information content (AvgIpc) is 2.67. The summed E-state index contributed by atoms with van der Waals surface area (Å²) >= 11 is 0. The molecule has 1 fully saturated rings. The summed E-state index contributed by atoms with van der Waals surface area (Å²) in [6.45, 7) is 2.15. The van der Waals surface area contributed by atoms with Crippen LogP contribution in [0.2, 0.25) is 0 Å². The van der Waals surface area contributed by atoms with Gasteiger partial charge in [-0.15, -0.1) is 0 Å². The summed E-state index contributed by atoms with van der Waals surface area (Å²) < 4.78 is 0. The van der Waals surface area contributed by atoms with E-state index in [1.807, 2.05) is 0 Å². The van der Waals surface area contributed by atoms with E-state index in [1.54, 1.807) is 0 Å². The summed E-state index contributed by atoms with van der Waals surface area (Å²) in [4.78, 5) is 2.42. The van der Waals surface area contributed by atoms with Gasteiger partial charge in [0.15, 0.2) is 0 Å². The quantitative estimate of drug-likeness (QED) is 0.672. The zero-order chi connectivity index (χ0) is 9.71. The number of fused-ring (bicyclic) bond motifs is 3. The maximum Gasteiger partial charge on any atom is 0.0775 e. The topological polar surface area (TPSA) is 29.3 Å². The number of hydrogen-bond acceptors (Lipinski definition) is 2. The lowest BCUT2D eigenvalue weighted by Crippen LogP contribution is -2.39. The van der Waals surface area contributed by atoms with E-state index in [0.717, 1.165) is 6.42 Å². The fraction of sp³-hybridized carbons (Fsp3) is 0.500. The van der Waals surface area contributed by atoms with Crippen LogP contribution < -0.4 is 10.6 Å². The van der Waals surface area contributed by atoms with Crippen LogP contribution in [-0.2, 0) is 6.42 Å². The summed E-state index contributed by atoms with van der Waals surface area (Å²) in [5.41, 5.74) is 10.3. The fourth-order valence-electron chi connectivity index (χ4n) is 2.83. The summed E-state index contributed by atoms with van der Waals surface area (Å²) in [6.07, 6.45) is 3.86. The minimum atomic E-state index is 0.253. The number of hydrogen-bond donors (Lipinski definition) is 1. The molecule has 0 amide bonds.